The molecule has 0 saturated carbocycles. The van der Waals surface area contributed by atoms with Crippen molar-refractivity contribution in [2.75, 3.05) is 19.9 Å². The second-order valence-corrected chi connectivity index (χ2v) is 10.4. The summed E-state index contributed by atoms with van der Waals surface area (Å²) in [6, 6.07) is 16.1. The molecule has 9 heteroatoms. The van der Waals surface area contributed by atoms with Crippen molar-refractivity contribution in [2.24, 2.45) is 4.99 Å². The minimum atomic E-state index is 0.241. The average molecular weight is 530 g/mol. The molecule has 0 radical (unpaired) electrons. The molecule has 3 aromatic rings. The molecule has 6 rings (SSSR count). The topological polar surface area (TPSA) is 82.8 Å². The van der Waals surface area contributed by atoms with Crippen LogP contribution in [0, 0.1) is 11.5 Å². The van der Waals surface area contributed by atoms with E-state index in [-0.39, 0.29) is 6.79 Å². The van der Waals surface area contributed by atoms with Gasteiger partial charge in [-0.15, -0.1) is 11.8 Å². The smallest absolute Gasteiger partial charge is 0.231 e. The number of ether oxygens (including phenoxy) is 2. The Morgan fingerprint density at radius 2 is 2.00 bits per heavy atom. The first-order valence-electron chi connectivity index (χ1n) is 12.1. The maximum Gasteiger partial charge on any atom is 0.231 e. The number of thioether (sulfide) groups is 1. The lowest BCUT2D eigenvalue weighted by Gasteiger charge is -2.32. The Kier molecular flexibility index (Phi) is 6.64. The largest absolute Gasteiger partial charge is 0.454 e. The number of halogens is 1. The summed E-state index contributed by atoms with van der Waals surface area (Å²) in [4.78, 5) is 12.9. The summed E-state index contributed by atoms with van der Waals surface area (Å²) in [5.74, 6) is 2.93. The fourth-order valence-electron chi connectivity index (χ4n) is 4.96. The molecule has 1 saturated heterocycles. The van der Waals surface area contributed by atoms with Gasteiger partial charge in [0.1, 0.15) is 0 Å². The first kappa shape index (κ1) is 23.7. The monoisotopic (exact) mass is 529 g/mol. The Balaban J connectivity index is 1.27. The molecule has 4 heterocycles. The van der Waals surface area contributed by atoms with E-state index in [2.05, 4.69) is 34.6 Å². The maximum atomic E-state index is 9.38. The number of likely N-dealkylation sites (tertiary alicyclic amines) is 1. The van der Waals surface area contributed by atoms with Gasteiger partial charge in [0.2, 0.25) is 12.8 Å². The van der Waals surface area contributed by atoms with Crippen molar-refractivity contribution in [1.29, 1.82) is 5.26 Å². The Morgan fingerprint density at radius 3 is 2.86 bits per heavy atom. The number of rotatable bonds is 2. The van der Waals surface area contributed by atoms with Crippen LogP contribution in [0.2, 0.25) is 5.02 Å². The van der Waals surface area contributed by atoms with Crippen molar-refractivity contribution in [2.45, 2.75) is 30.0 Å². The third kappa shape index (κ3) is 4.85. The highest BCUT2D eigenvalue weighted by Gasteiger charge is 2.26. The van der Waals surface area contributed by atoms with Crippen molar-refractivity contribution in [3.05, 3.63) is 87.7 Å². The summed E-state index contributed by atoms with van der Waals surface area (Å²) in [6.45, 7) is 2.19. The zero-order chi connectivity index (χ0) is 25.2. The van der Waals surface area contributed by atoms with Gasteiger partial charge in [0.15, 0.2) is 17.7 Å². The maximum absolute atomic E-state index is 9.38. The number of nitrogens with zero attached hydrogens (tertiary/aromatic N) is 4. The fraction of sp³-hybridized carbons (Fsp3) is 0.250. The number of fused-ring (bicyclic) bond motifs is 3. The highest BCUT2D eigenvalue weighted by Crippen LogP contribution is 2.43. The summed E-state index contributed by atoms with van der Waals surface area (Å²) in [6.07, 6.45) is 5.64. The van der Waals surface area contributed by atoms with Crippen LogP contribution in [-0.2, 0) is 12.3 Å². The molecule has 7 nitrogen and oxygen atoms in total. The predicted octanol–water partition coefficient (Wildman–Crippen LogP) is 5.59. The van der Waals surface area contributed by atoms with Crippen LogP contribution < -0.4 is 14.8 Å². The molecule has 1 aromatic heterocycles. The molecule has 37 heavy (non-hydrogen) atoms. The molecule has 0 spiro atoms. The third-order valence-corrected chi connectivity index (χ3v) is 8.10. The van der Waals surface area contributed by atoms with E-state index in [0.717, 1.165) is 59.5 Å². The molecule has 1 N–H and O–H groups in total. The van der Waals surface area contributed by atoms with Gasteiger partial charge in [-0.05, 0) is 59.9 Å². The highest BCUT2D eigenvalue weighted by atomic mass is 35.5. The lowest BCUT2D eigenvalue weighted by atomic mass is 9.89. The van der Waals surface area contributed by atoms with Gasteiger partial charge in [-0.25, -0.2) is 4.99 Å². The van der Waals surface area contributed by atoms with E-state index in [9.17, 15) is 5.26 Å². The van der Waals surface area contributed by atoms with Gasteiger partial charge < -0.3 is 14.4 Å². The second-order valence-electron chi connectivity index (χ2n) is 8.97. The van der Waals surface area contributed by atoms with E-state index >= 15 is 0 Å². The quantitative estimate of drug-likeness (QED) is 0.200. The Labute approximate surface area is 224 Å². The molecule has 3 aliphatic heterocycles. The third-order valence-electron chi connectivity index (χ3n) is 6.76. The first-order valence-corrected chi connectivity index (χ1v) is 13.5. The van der Waals surface area contributed by atoms with Gasteiger partial charge in [-0.3, -0.25) is 10.3 Å². The number of nitriles is 1. The van der Waals surface area contributed by atoms with Crippen molar-refractivity contribution in [1.82, 2.24) is 15.2 Å². The number of nitrogens with one attached hydrogen (secondary N) is 1. The molecule has 0 unspecified atom stereocenters. The standard InChI is InChI=1S/C28H24ClN5O2S/c29-21-4-5-22-25(13-21)37-15-20-2-1-9-31-27(20)26(22)19-7-10-34(11-8-19)28(33-16-30)32-14-18-3-6-23-24(12-18)36-17-35-23/h1-6,9,12-13H,7-8,10-11,14-15,17H2,(H,32,33). The summed E-state index contributed by atoms with van der Waals surface area (Å²) >= 11 is 8.16. The van der Waals surface area contributed by atoms with Gasteiger partial charge in [-0.1, -0.05) is 35.4 Å². The Bertz CT molecular complexity index is 1460. The molecule has 186 valence electrons. The van der Waals surface area contributed by atoms with Crippen LogP contribution in [0.25, 0.3) is 5.57 Å². The van der Waals surface area contributed by atoms with Crippen LogP contribution in [0.15, 0.2) is 70.2 Å². The molecule has 1 fully saturated rings. The van der Waals surface area contributed by atoms with Crippen molar-refractivity contribution in [3.8, 4) is 17.7 Å². The number of pyridine rings is 1. The molecule has 0 amide bonds. The van der Waals surface area contributed by atoms with Crippen LogP contribution in [0.5, 0.6) is 11.5 Å². The van der Waals surface area contributed by atoms with Gasteiger partial charge in [0, 0.05) is 40.5 Å². The SMILES string of the molecule is N#CNC(=NCc1ccc2c(c1)OCO2)N1CCC(=C2c3ccc(Cl)cc3SCc3cccnc32)CC1. The van der Waals surface area contributed by atoms with Gasteiger partial charge in [0.05, 0.1) is 12.2 Å². The first-order chi connectivity index (χ1) is 18.2. The zero-order valence-electron chi connectivity index (χ0n) is 20.0. The van der Waals surface area contributed by atoms with Crippen LogP contribution >= 0.6 is 23.4 Å². The average Bonchev–Trinajstić information content (AvgIpc) is 3.33. The molecule has 0 aliphatic carbocycles. The normalized spacial score (nSPS) is 16.5. The van der Waals surface area contributed by atoms with Gasteiger partial charge in [0.25, 0.3) is 0 Å². The van der Waals surface area contributed by atoms with E-state index < -0.39 is 0 Å². The zero-order valence-corrected chi connectivity index (χ0v) is 21.6. The number of piperidine rings is 1. The summed E-state index contributed by atoms with van der Waals surface area (Å²) in [5, 5.41) is 12.9. The number of aliphatic imine (C=N–C) groups is 1. The molecule has 2 aromatic carbocycles. The van der Waals surface area contributed by atoms with Gasteiger partial charge in [-0.2, -0.15) is 5.26 Å². The second kappa shape index (κ2) is 10.4. The number of aromatic nitrogens is 1. The minimum Gasteiger partial charge on any atom is -0.454 e. The molecule has 0 bridgehead atoms. The van der Waals surface area contributed by atoms with Crippen molar-refractivity contribution >= 4 is 34.9 Å². The molecule has 3 aliphatic rings. The number of hydrogen-bond donors (Lipinski definition) is 1. The summed E-state index contributed by atoms with van der Waals surface area (Å²) < 4.78 is 10.9. The fourth-order valence-corrected chi connectivity index (χ4v) is 6.27. The summed E-state index contributed by atoms with van der Waals surface area (Å²) in [7, 11) is 0. The lowest BCUT2D eigenvalue weighted by Crippen LogP contribution is -2.43. The predicted molar refractivity (Wildman–Crippen MR) is 145 cm³/mol. The number of benzene rings is 2. The van der Waals surface area contributed by atoms with E-state index in [4.69, 9.17) is 31.1 Å². The van der Waals surface area contributed by atoms with Crippen LogP contribution in [0.4, 0.5) is 0 Å². The molecule has 0 atom stereocenters. The Hall–Kier alpha value is -3.67. The van der Waals surface area contributed by atoms with E-state index in [1.54, 1.807) is 0 Å². The molecular formula is C28H24ClN5O2S. The van der Waals surface area contributed by atoms with Gasteiger partial charge >= 0.3 is 0 Å². The van der Waals surface area contributed by atoms with E-state index in [1.165, 1.54) is 27.2 Å². The van der Waals surface area contributed by atoms with E-state index in [0.29, 0.717) is 12.5 Å². The van der Waals surface area contributed by atoms with Crippen molar-refractivity contribution < 1.29 is 9.47 Å². The lowest BCUT2D eigenvalue weighted by molar-refractivity contribution is 0.174. The summed E-state index contributed by atoms with van der Waals surface area (Å²) in [5.41, 5.74) is 7.08. The molecular weight excluding hydrogens is 506 g/mol. The Morgan fingerprint density at radius 1 is 1.14 bits per heavy atom. The van der Waals surface area contributed by atoms with Crippen molar-refractivity contribution in [3.63, 3.8) is 0 Å². The number of guanidine groups is 1. The van der Waals surface area contributed by atoms with Crippen LogP contribution in [0.1, 0.15) is 35.2 Å². The van der Waals surface area contributed by atoms with Crippen LogP contribution in [0.3, 0.4) is 0 Å². The van der Waals surface area contributed by atoms with E-state index in [1.807, 2.05) is 48.3 Å². The van der Waals surface area contributed by atoms with Crippen LogP contribution in [-0.4, -0.2) is 35.7 Å². The minimum absolute atomic E-state index is 0.241. The highest BCUT2D eigenvalue weighted by molar-refractivity contribution is 7.98. The number of hydrogen-bond acceptors (Lipinski definition) is 6.